The molecule has 0 aliphatic carbocycles. The zero-order valence-electron chi connectivity index (χ0n) is 11.8. The van der Waals surface area contributed by atoms with E-state index in [0.29, 0.717) is 11.5 Å². The maximum Gasteiger partial charge on any atom is 0.178 e. The lowest BCUT2D eigenvalue weighted by Crippen LogP contribution is -1.84. The molecule has 0 saturated heterocycles. The Morgan fingerprint density at radius 2 is 2.09 bits per heavy atom. The number of aromatic nitrogens is 5. The van der Waals surface area contributed by atoms with Gasteiger partial charge in [-0.3, -0.25) is 4.68 Å². The highest BCUT2D eigenvalue weighted by Gasteiger charge is 2.12. The first-order valence-corrected chi connectivity index (χ1v) is 6.80. The second kappa shape index (κ2) is 4.77. The molecule has 1 aromatic carbocycles. The van der Waals surface area contributed by atoms with Crippen molar-refractivity contribution in [3.63, 3.8) is 0 Å². The van der Waals surface area contributed by atoms with Crippen LogP contribution in [0.25, 0.3) is 33.7 Å². The van der Waals surface area contributed by atoms with Crippen LogP contribution in [-0.4, -0.2) is 24.7 Å². The van der Waals surface area contributed by atoms with Crippen molar-refractivity contribution in [3.05, 3.63) is 54.7 Å². The monoisotopic (exact) mass is 293 g/mol. The molecule has 0 aliphatic rings. The molecule has 108 valence electrons. The molecule has 0 saturated carbocycles. The van der Waals surface area contributed by atoms with Crippen molar-refractivity contribution in [3.8, 4) is 22.5 Å². The summed E-state index contributed by atoms with van der Waals surface area (Å²) >= 11 is 0. The van der Waals surface area contributed by atoms with Crippen molar-refractivity contribution in [2.24, 2.45) is 7.05 Å². The van der Waals surface area contributed by atoms with Crippen molar-refractivity contribution in [1.29, 1.82) is 0 Å². The van der Waals surface area contributed by atoms with Gasteiger partial charge in [-0.05, 0) is 23.8 Å². The Bertz CT molecular complexity index is 970. The molecule has 0 unspecified atom stereocenters. The lowest BCUT2D eigenvalue weighted by atomic mass is 10.1. The number of benzene rings is 1. The summed E-state index contributed by atoms with van der Waals surface area (Å²) in [5.41, 5.74) is 3.92. The maximum absolute atomic E-state index is 13.5. The number of fused-ring (bicyclic) bond motifs is 1. The Morgan fingerprint density at radius 1 is 1.18 bits per heavy atom. The molecular formula is C16H12FN5. The first kappa shape index (κ1) is 12.7. The lowest BCUT2D eigenvalue weighted by molar-refractivity contribution is 0.628. The quantitative estimate of drug-likeness (QED) is 0.617. The lowest BCUT2D eigenvalue weighted by Gasteiger charge is -2.02. The van der Waals surface area contributed by atoms with Gasteiger partial charge >= 0.3 is 0 Å². The first-order valence-electron chi connectivity index (χ1n) is 6.80. The van der Waals surface area contributed by atoms with Gasteiger partial charge in [-0.25, -0.2) is 14.4 Å². The number of nitrogens with one attached hydrogen (secondary N) is 1. The number of halogens is 1. The van der Waals surface area contributed by atoms with E-state index in [1.807, 2.05) is 25.4 Å². The second-order valence-electron chi connectivity index (χ2n) is 5.06. The normalized spacial score (nSPS) is 11.2. The molecule has 4 aromatic rings. The summed E-state index contributed by atoms with van der Waals surface area (Å²) in [6.45, 7) is 0. The van der Waals surface area contributed by atoms with Crippen LogP contribution in [0.5, 0.6) is 0 Å². The number of aromatic amines is 1. The van der Waals surface area contributed by atoms with Crippen LogP contribution in [0.4, 0.5) is 4.39 Å². The van der Waals surface area contributed by atoms with Crippen molar-refractivity contribution in [2.45, 2.75) is 0 Å². The van der Waals surface area contributed by atoms with Crippen molar-refractivity contribution in [2.75, 3.05) is 0 Å². The number of H-pyrrole nitrogens is 1. The molecule has 6 heteroatoms. The molecule has 0 atom stereocenters. The molecule has 5 nitrogen and oxygen atoms in total. The number of pyridine rings is 1. The fraction of sp³-hybridized carbons (Fsp3) is 0.0625. The predicted molar refractivity (Wildman–Crippen MR) is 81.5 cm³/mol. The van der Waals surface area contributed by atoms with Gasteiger partial charge in [-0.15, -0.1) is 0 Å². The minimum absolute atomic E-state index is 0.269. The van der Waals surface area contributed by atoms with Crippen molar-refractivity contribution >= 4 is 11.2 Å². The van der Waals surface area contributed by atoms with Crippen LogP contribution in [-0.2, 0) is 7.05 Å². The Kier molecular flexibility index (Phi) is 2.75. The zero-order chi connectivity index (χ0) is 15.1. The van der Waals surface area contributed by atoms with Crippen LogP contribution in [0.1, 0.15) is 0 Å². The number of rotatable bonds is 2. The van der Waals surface area contributed by atoms with Gasteiger partial charge in [0.15, 0.2) is 5.65 Å². The van der Waals surface area contributed by atoms with Gasteiger partial charge in [-0.2, -0.15) is 5.10 Å². The minimum Gasteiger partial charge on any atom is -0.336 e. The summed E-state index contributed by atoms with van der Waals surface area (Å²) in [5.74, 6) is 0.425. The Balaban J connectivity index is 1.92. The third-order valence-corrected chi connectivity index (χ3v) is 3.51. The number of hydrogen-bond acceptors (Lipinski definition) is 3. The fourth-order valence-corrected chi connectivity index (χ4v) is 2.49. The summed E-state index contributed by atoms with van der Waals surface area (Å²) in [7, 11) is 1.85. The number of aryl methyl sites for hydroxylation is 1. The van der Waals surface area contributed by atoms with E-state index in [9.17, 15) is 4.39 Å². The molecule has 22 heavy (non-hydrogen) atoms. The SMILES string of the molecule is Cn1cc(-c2nc3nccc(-c4cccc(F)c4)c3[nH]2)cn1. The molecular weight excluding hydrogens is 281 g/mol. The van der Waals surface area contributed by atoms with Crippen molar-refractivity contribution in [1.82, 2.24) is 24.7 Å². The number of nitrogens with zero attached hydrogens (tertiary/aromatic N) is 4. The third kappa shape index (κ3) is 2.05. The van der Waals surface area contributed by atoms with Crippen LogP contribution in [0.15, 0.2) is 48.9 Å². The fourth-order valence-electron chi connectivity index (χ4n) is 2.49. The van der Waals surface area contributed by atoms with Gasteiger partial charge in [0.25, 0.3) is 0 Å². The van der Waals surface area contributed by atoms with E-state index < -0.39 is 0 Å². The minimum atomic E-state index is -0.269. The van der Waals surface area contributed by atoms with Crippen LogP contribution >= 0.6 is 0 Å². The third-order valence-electron chi connectivity index (χ3n) is 3.51. The number of imidazole rings is 1. The largest absolute Gasteiger partial charge is 0.336 e. The molecule has 1 N–H and O–H groups in total. The summed E-state index contributed by atoms with van der Waals surface area (Å²) in [5, 5.41) is 4.14. The molecule has 0 radical (unpaired) electrons. The molecule has 3 heterocycles. The van der Waals surface area contributed by atoms with Crippen LogP contribution < -0.4 is 0 Å². The topological polar surface area (TPSA) is 59.4 Å². The molecule has 4 rings (SSSR count). The Hall–Kier alpha value is -3.02. The molecule has 0 amide bonds. The van der Waals surface area contributed by atoms with Crippen molar-refractivity contribution < 1.29 is 4.39 Å². The highest BCUT2D eigenvalue weighted by molar-refractivity contribution is 5.91. The van der Waals surface area contributed by atoms with Gasteiger partial charge in [-0.1, -0.05) is 12.1 Å². The molecule has 0 bridgehead atoms. The first-order chi connectivity index (χ1) is 10.7. The van der Waals surface area contributed by atoms with Crippen LogP contribution in [0, 0.1) is 5.82 Å². The van der Waals surface area contributed by atoms with Crippen LogP contribution in [0.3, 0.4) is 0 Å². The average Bonchev–Trinajstić information content (AvgIpc) is 3.12. The maximum atomic E-state index is 13.5. The smallest absolute Gasteiger partial charge is 0.178 e. The Morgan fingerprint density at radius 3 is 2.86 bits per heavy atom. The van der Waals surface area contributed by atoms with E-state index in [4.69, 9.17) is 0 Å². The summed E-state index contributed by atoms with van der Waals surface area (Å²) in [6.07, 6.45) is 5.29. The second-order valence-corrected chi connectivity index (χ2v) is 5.06. The predicted octanol–water partition coefficient (Wildman–Crippen LogP) is 3.16. The number of hydrogen-bond donors (Lipinski definition) is 1. The van der Waals surface area contributed by atoms with E-state index in [-0.39, 0.29) is 5.82 Å². The van der Waals surface area contributed by atoms with E-state index in [1.165, 1.54) is 12.1 Å². The van der Waals surface area contributed by atoms with Gasteiger partial charge in [0.2, 0.25) is 0 Å². The molecule has 0 spiro atoms. The van der Waals surface area contributed by atoms with E-state index in [1.54, 1.807) is 23.1 Å². The molecule has 3 aromatic heterocycles. The average molecular weight is 293 g/mol. The summed E-state index contributed by atoms with van der Waals surface area (Å²) in [4.78, 5) is 12.0. The molecule has 0 fully saturated rings. The standard InChI is InChI=1S/C16H12FN5/c1-22-9-11(8-19-22)15-20-14-13(5-6-18-16(14)21-15)10-3-2-4-12(17)7-10/h2-9H,1H3,(H,18,20,21). The highest BCUT2D eigenvalue weighted by atomic mass is 19.1. The van der Waals surface area contributed by atoms with Gasteiger partial charge < -0.3 is 4.98 Å². The summed E-state index contributed by atoms with van der Waals surface area (Å²) in [6, 6.07) is 8.33. The van der Waals surface area contributed by atoms with Crippen LogP contribution in [0.2, 0.25) is 0 Å². The zero-order valence-corrected chi connectivity index (χ0v) is 11.8. The van der Waals surface area contributed by atoms with Gasteiger partial charge in [0, 0.05) is 25.0 Å². The summed E-state index contributed by atoms with van der Waals surface area (Å²) < 4.78 is 15.2. The van der Waals surface area contributed by atoms with E-state index in [2.05, 4.69) is 20.1 Å². The molecule has 0 aliphatic heterocycles. The highest BCUT2D eigenvalue weighted by Crippen LogP contribution is 2.28. The Labute approximate surface area is 125 Å². The van der Waals surface area contributed by atoms with Gasteiger partial charge in [0.1, 0.15) is 11.6 Å². The van der Waals surface area contributed by atoms with Gasteiger partial charge in [0.05, 0.1) is 17.3 Å². The van der Waals surface area contributed by atoms with E-state index >= 15 is 0 Å². The van der Waals surface area contributed by atoms with E-state index in [0.717, 1.165) is 22.2 Å².